The smallest absolute Gasteiger partial charge is 0.471 e. The van der Waals surface area contributed by atoms with E-state index in [4.69, 9.17) is 10.5 Å². The minimum atomic E-state index is -4.86. The molecule has 1 aromatic rings. The van der Waals surface area contributed by atoms with Crippen molar-refractivity contribution in [2.45, 2.75) is 31.5 Å². The highest BCUT2D eigenvalue weighted by molar-refractivity contribution is 5.82. The van der Waals surface area contributed by atoms with Gasteiger partial charge in [-0.1, -0.05) is 0 Å². The summed E-state index contributed by atoms with van der Waals surface area (Å²) in [5.41, 5.74) is 8.12. The number of alkyl halides is 3. The summed E-state index contributed by atoms with van der Waals surface area (Å²) in [5, 5.41) is 2.01. The highest BCUT2D eigenvalue weighted by atomic mass is 19.4. The van der Waals surface area contributed by atoms with E-state index < -0.39 is 18.1 Å². The summed E-state index contributed by atoms with van der Waals surface area (Å²) in [5.74, 6) is -1.33. The molecule has 3 N–H and O–H groups in total. The van der Waals surface area contributed by atoms with E-state index in [1.807, 2.05) is 5.32 Å². The fourth-order valence-corrected chi connectivity index (χ4v) is 2.46. The molecule has 0 spiro atoms. The number of nitrogens with two attached hydrogens (primary N) is 1. The van der Waals surface area contributed by atoms with Gasteiger partial charge in [-0.3, -0.25) is 4.79 Å². The van der Waals surface area contributed by atoms with Crippen LogP contribution in [0.15, 0.2) is 12.1 Å². The maximum absolute atomic E-state index is 12.3. The largest absolute Gasteiger partial charge is 0.496 e. The predicted molar refractivity (Wildman–Crippen MR) is 67.4 cm³/mol. The first-order chi connectivity index (χ1) is 9.32. The first-order valence-electron chi connectivity index (χ1n) is 6.15. The fraction of sp³-hybridized carbons (Fsp3) is 0.462. The number of carbonyl (C=O) groups is 1. The van der Waals surface area contributed by atoms with Crippen LogP contribution in [0.5, 0.6) is 5.75 Å². The molecule has 0 unspecified atom stereocenters. The van der Waals surface area contributed by atoms with Gasteiger partial charge in [-0.25, -0.2) is 0 Å². The van der Waals surface area contributed by atoms with Crippen LogP contribution in [-0.4, -0.2) is 25.2 Å². The minimum absolute atomic E-state index is 0.283. The van der Waals surface area contributed by atoms with Gasteiger partial charge < -0.3 is 15.8 Å². The van der Waals surface area contributed by atoms with Gasteiger partial charge in [-0.15, -0.1) is 0 Å². The van der Waals surface area contributed by atoms with E-state index in [1.54, 1.807) is 12.1 Å². The van der Waals surface area contributed by atoms with Gasteiger partial charge in [0, 0.05) is 17.3 Å². The molecule has 20 heavy (non-hydrogen) atoms. The van der Waals surface area contributed by atoms with Crippen LogP contribution in [0.2, 0.25) is 0 Å². The number of hydrogen-bond donors (Lipinski definition) is 2. The minimum Gasteiger partial charge on any atom is -0.496 e. The third-order valence-electron chi connectivity index (χ3n) is 3.43. The Morgan fingerprint density at radius 1 is 1.40 bits per heavy atom. The number of rotatable bonds is 2. The summed E-state index contributed by atoms with van der Waals surface area (Å²) >= 11 is 0. The van der Waals surface area contributed by atoms with Gasteiger partial charge in [-0.05, 0) is 37.0 Å². The highest BCUT2D eigenvalue weighted by Gasteiger charge is 2.40. The van der Waals surface area contributed by atoms with E-state index in [2.05, 4.69) is 0 Å². The number of nitrogen functional groups attached to an aromatic ring is 1. The summed E-state index contributed by atoms with van der Waals surface area (Å²) in [4.78, 5) is 11.0. The van der Waals surface area contributed by atoms with Gasteiger partial charge in [0.15, 0.2) is 0 Å². The molecule has 0 saturated heterocycles. The van der Waals surface area contributed by atoms with Crippen LogP contribution in [0.3, 0.4) is 0 Å². The number of nitrogens with one attached hydrogen (secondary N) is 1. The molecule has 1 amide bonds. The summed E-state index contributed by atoms with van der Waals surface area (Å²) in [6, 6.07) is 2.83. The first-order valence-corrected chi connectivity index (χ1v) is 6.15. The number of methoxy groups -OCH3 is 1. The van der Waals surface area contributed by atoms with Crippen molar-refractivity contribution < 1.29 is 22.7 Å². The van der Waals surface area contributed by atoms with E-state index in [0.29, 0.717) is 24.3 Å². The lowest BCUT2D eigenvalue weighted by Crippen LogP contribution is -2.45. The summed E-state index contributed by atoms with van der Waals surface area (Å²) in [7, 11) is 1.49. The molecule has 0 saturated carbocycles. The van der Waals surface area contributed by atoms with Crippen molar-refractivity contribution in [3.05, 3.63) is 23.3 Å². The Bertz CT molecular complexity index is 529. The van der Waals surface area contributed by atoms with E-state index in [0.717, 1.165) is 11.1 Å². The maximum atomic E-state index is 12.3. The third-order valence-corrected chi connectivity index (χ3v) is 3.43. The molecule has 1 aliphatic rings. The Kier molecular flexibility index (Phi) is 3.78. The zero-order valence-electron chi connectivity index (χ0n) is 10.9. The van der Waals surface area contributed by atoms with Gasteiger partial charge in [0.05, 0.1) is 7.11 Å². The first kappa shape index (κ1) is 14.5. The Morgan fingerprint density at radius 2 is 2.10 bits per heavy atom. The van der Waals surface area contributed by atoms with Gasteiger partial charge in [0.25, 0.3) is 0 Å². The molecule has 2 rings (SSSR count). The summed E-state index contributed by atoms with van der Waals surface area (Å²) < 4.78 is 42.0. The molecule has 7 heteroatoms. The molecule has 110 valence electrons. The number of amides is 1. The number of benzene rings is 1. The van der Waals surface area contributed by atoms with Gasteiger partial charge in [0.2, 0.25) is 0 Å². The van der Waals surface area contributed by atoms with Gasteiger partial charge >= 0.3 is 12.1 Å². The van der Waals surface area contributed by atoms with Gasteiger partial charge in [-0.2, -0.15) is 13.2 Å². The summed E-state index contributed by atoms with van der Waals surface area (Å²) in [6.45, 7) is 0. The Labute approximate surface area is 114 Å². The Morgan fingerprint density at radius 3 is 2.70 bits per heavy atom. The second kappa shape index (κ2) is 5.22. The number of hydrogen-bond acceptors (Lipinski definition) is 3. The van der Waals surface area contributed by atoms with Crippen molar-refractivity contribution in [2.24, 2.45) is 0 Å². The molecular weight excluding hydrogens is 273 g/mol. The van der Waals surface area contributed by atoms with Crippen molar-refractivity contribution >= 4 is 11.6 Å². The molecule has 1 atom stereocenters. The van der Waals surface area contributed by atoms with E-state index in [1.165, 1.54) is 7.11 Å². The van der Waals surface area contributed by atoms with Crippen LogP contribution >= 0.6 is 0 Å². The number of carbonyl (C=O) groups excluding carboxylic acids is 1. The predicted octanol–water partition coefficient (Wildman–Crippen LogP) is 1.81. The van der Waals surface area contributed by atoms with Crippen molar-refractivity contribution in [1.29, 1.82) is 0 Å². The maximum Gasteiger partial charge on any atom is 0.471 e. The van der Waals surface area contributed by atoms with Crippen LogP contribution in [0.4, 0.5) is 18.9 Å². The molecule has 1 aromatic carbocycles. The molecule has 1 aliphatic carbocycles. The number of anilines is 1. The standard InChI is InChI=1S/C13H15F3N2O2/c1-20-11-5-4-10(17)8-3-2-7(6-9(8)11)18-12(19)13(14,15)16/h4-5,7H,2-3,6,17H2,1H3,(H,18,19)/t7-/m0/s1. The van der Waals surface area contributed by atoms with Crippen LogP contribution < -0.4 is 15.8 Å². The SMILES string of the molecule is COc1ccc(N)c2c1C[C@@H](NC(=O)C(F)(F)F)CC2. The lowest BCUT2D eigenvalue weighted by Gasteiger charge is -2.28. The number of ether oxygens (including phenoxy) is 1. The lowest BCUT2D eigenvalue weighted by molar-refractivity contribution is -0.174. The van der Waals surface area contributed by atoms with Crippen molar-refractivity contribution in [3.8, 4) is 5.75 Å². The number of halogens is 3. The zero-order valence-corrected chi connectivity index (χ0v) is 10.9. The van der Waals surface area contributed by atoms with Crippen LogP contribution in [-0.2, 0) is 17.6 Å². The molecule has 0 aromatic heterocycles. The molecule has 0 bridgehead atoms. The average Bonchev–Trinajstić information content (AvgIpc) is 2.38. The van der Waals surface area contributed by atoms with Crippen LogP contribution in [0.1, 0.15) is 17.5 Å². The van der Waals surface area contributed by atoms with Gasteiger partial charge in [0.1, 0.15) is 5.75 Å². The van der Waals surface area contributed by atoms with E-state index in [9.17, 15) is 18.0 Å². The molecule has 0 aliphatic heterocycles. The lowest BCUT2D eigenvalue weighted by atomic mass is 9.86. The number of fused-ring (bicyclic) bond motifs is 1. The quantitative estimate of drug-likeness (QED) is 0.816. The third kappa shape index (κ3) is 2.81. The monoisotopic (exact) mass is 288 g/mol. The fourth-order valence-electron chi connectivity index (χ4n) is 2.46. The van der Waals surface area contributed by atoms with Crippen molar-refractivity contribution in [3.63, 3.8) is 0 Å². The molecule has 0 fully saturated rings. The van der Waals surface area contributed by atoms with Crippen LogP contribution in [0, 0.1) is 0 Å². The second-order valence-corrected chi connectivity index (χ2v) is 4.73. The second-order valence-electron chi connectivity index (χ2n) is 4.73. The molecule has 0 heterocycles. The Balaban J connectivity index is 2.18. The molecule has 4 nitrogen and oxygen atoms in total. The highest BCUT2D eigenvalue weighted by Crippen LogP contribution is 2.33. The topological polar surface area (TPSA) is 64.3 Å². The molecule has 0 radical (unpaired) electrons. The normalized spacial score (nSPS) is 18.3. The average molecular weight is 288 g/mol. The van der Waals surface area contributed by atoms with E-state index in [-0.39, 0.29) is 6.42 Å². The summed E-state index contributed by atoms with van der Waals surface area (Å²) in [6.07, 6.45) is -3.64. The van der Waals surface area contributed by atoms with Crippen molar-refractivity contribution in [2.75, 3.05) is 12.8 Å². The van der Waals surface area contributed by atoms with E-state index >= 15 is 0 Å². The van der Waals surface area contributed by atoms with Crippen molar-refractivity contribution in [1.82, 2.24) is 5.32 Å². The molecular formula is C13H15F3N2O2. The van der Waals surface area contributed by atoms with Crippen LogP contribution in [0.25, 0.3) is 0 Å². The Hall–Kier alpha value is -1.92. The zero-order chi connectivity index (χ0) is 14.9.